The van der Waals surface area contributed by atoms with E-state index >= 15 is 0 Å². The van der Waals surface area contributed by atoms with E-state index in [0.29, 0.717) is 6.54 Å². The maximum atomic E-state index is 11.9. The zero-order valence-corrected chi connectivity index (χ0v) is 11.2. The first-order valence-corrected chi connectivity index (χ1v) is 6.36. The maximum Gasteiger partial charge on any atom is 0.228 e. The van der Waals surface area contributed by atoms with Crippen LogP contribution < -0.4 is 5.32 Å². The topological polar surface area (TPSA) is 62.5 Å². The molecule has 1 amide bonds. The number of carbonyl (C=O) groups is 1. The number of rotatable bonds is 5. The van der Waals surface area contributed by atoms with E-state index < -0.39 is 5.41 Å². The molecule has 1 aromatic rings. The summed E-state index contributed by atoms with van der Waals surface area (Å²) in [6.45, 7) is 6.43. The van der Waals surface area contributed by atoms with Crippen LogP contribution in [-0.2, 0) is 10.2 Å². The Morgan fingerprint density at radius 2 is 2.17 bits per heavy atom. The average molecular weight is 251 g/mol. The summed E-state index contributed by atoms with van der Waals surface area (Å²) in [4.78, 5) is 11.9. The van der Waals surface area contributed by atoms with E-state index in [0.717, 1.165) is 24.4 Å². The zero-order valence-electron chi connectivity index (χ0n) is 11.2. The molecule has 0 radical (unpaired) electrons. The lowest BCUT2D eigenvalue weighted by molar-refractivity contribution is -0.128. The minimum atomic E-state index is -0.505. The van der Waals surface area contributed by atoms with Gasteiger partial charge in [-0.1, -0.05) is 13.8 Å². The summed E-state index contributed by atoms with van der Waals surface area (Å²) in [7, 11) is 0. The molecule has 0 saturated heterocycles. The molecule has 0 atom stereocenters. The Morgan fingerprint density at radius 3 is 2.61 bits per heavy atom. The first-order chi connectivity index (χ1) is 8.39. The molecule has 1 fully saturated rings. The molecule has 2 N–H and O–H groups in total. The van der Waals surface area contributed by atoms with Crippen LogP contribution in [0.2, 0.25) is 0 Å². The highest BCUT2D eigenvalue weighted by Crippen LogP contribution is 2.45. The van der Waals surface area contributed by atoms with Gasteiger partial charge in [-0.25, -0.2) is 0 Å². The Labute approximate surface area is 107 Å². The Kier molecular flexibility index (Phi) is 3.23. The molecule has 1 aliphatic rings. The third-order valence-corrected chi connectivity index (χ3v) is 3.74. The van der Waals surface area contributed by atoms with Crippen molar-refractivity contribution in [2.45, 2.75) is 39.0 Å². The number of amides is 1. The lowest BCUT2D eigenvalue weighted by Gasteiger charge is -2.24. The van der Waals surface area contributed by atoms with Gasteiger partial charge in [-0.05, 0) is 31.9 Å². The van der Waals surface area contributed by atoms with Gasteiger partial charge in [-0.15, -0.1) is 0 Å². The van der Waals surface area contributed by atoms with Gasteiger partial charge in [-0.3, -0.25) is 4.79 Å². The van der Waals surface area contributed by atoms with Crippen molar-refractivity contribution in [2.24, 2.45) is 5.41 Å². The summed E-state index contributed by atoms with van der Waals surface area (Å²) in [6, 6.07) is 3.87. The van der Waals surface area contributed by atoms with E-state index in [1.54, 1.807) is 0 Å². The minimum Gasteiger partial charge on any atom is -0.466 e. The Hall–Kier alpha value is -1.29. The zero-order chi connectivity index (χ0) is 13.4. The summed E-state index contributed by atoms with van der Waals surface area (Å²) in [5.74, 6) is 1.70. The molecule has 0 spiro atoms. The van der Waals surface area contributed by atoms with Crippen LogP contribution in [0.3, 0.4) is 0 Å². The number of carbonyl (C=O) groups excluding carboxylic acids is 1. The molecule has 18 heavy (non-hydrogen) atoms. The second kappa shape index (κ2) is 4.43. The van der Waals surface area contributed by atoms with Crippen molar-refractivity contribution < 1.29 is 14.3 Å². The molecule has 4 nitrogen and oxygen atoms in total. The molecule has 4 heteroatoms. The summed E-state index contributed by atoms with van der Waals surface area (Å²) in [5.41, 5.74) is -0.745. The first kappa shape index (κ1) is 13.1. The second-order valence-electron chi connectivity index (χ2n) is 5.92. The fraction of sp³-hybridized carbons (Fsp3) is 0.643. The van der Waals surface area contributed by atoms with E-state index in [2.05, 4.69) is 5.32 Å². The van der Waals surface area contributed by atoms with Crippen LogP contribution in [0.4, 0.5) is 0 Å². The molecular formula is C14H21NO3. The number of aliphatic hydroxyl groups excluding tert-OH is 1. The highest BCUT2D eigenvalue weighted by molar-refractivity contribution is 5.85. The molecule has 0 aromatic carbocycles. The van der Waals surface area contributed by atoms with E-state index in [4.69, 9.17) is 4.42 Å². The van der Waals surface area contributed by atoms with Crippen LogP contribution in [0.15, 0.2) is 16.5 Å². The summed E-state index contributed by atoms with van der Waals surface area (Å²) in [6.07, 6.45) is 1.57. The Morgan fingerprint density at radius 1 is 1.50 bits per heavy atom. The van der Waals surface area contributed by atoms with Crippen molar-refractivity contribution in [1.29, 1.82) is 0 Å². The van der Waals surface area contributed by atoms with Crippen molar-refractivity contribution >= 4 is 5.91 Å². The van der Waals surface area contributed by atoms with Crippen LogP contribution in [0, 0.1) is 12.3 Å². The first-order valence-electron chi connectivity index (χ1n) is 6.36. The number of aliphatic hydroxyl groups is 1. The number of hydrogen-bond acceptors (Lipinski definition) is 3. The van der Waals surface area contributed by atoms with Gasteiger partial charge in [0.15, 0.2) is 0 Å². The molecule has 1 heterocycles. The fourth-order valence-corrected chi connectivity index (χ4v) is 1.98. The molecule has 1 aliphatic carbocycles. The SMILES string of the molecule is Cc1ccc(C(C)(C)CNC(=O)C2(CO)CC2)o1. The predicted molar refractivity (Wildman–Crippen MR) is 68.2 cm³/mol. The molecule has 0 bridgehead atoms. The number of aryl methyl sites for hydroxylation is 1. The van der Waals surface area contributed by atoms with Crippen LogP contribution in [0.25, 0.3) is 0 Å². The number of hydrogen-bond donors (Lipinski definition) is 2. The quantitative estimate of drug-likeness (QED) is 0.838. The second-order valence-corrected chi connectivity index (χ2v) is 5.92. The fourth-order valence-electron chi connectivity index (χ4n) is 1.98. The van der Waals surface area contributed by atoms with Crippen molar-refractivity contribution in [3.05, 3.63) is 23.7 Å². The monoisotopic (exact) mass is 251 g/mol. The summed E-state index contributed by atoms with van der Waals surface area (Å²) < 4.78 is 5.61. The average Bonchev–Trinajstić information content (AvgIpc) is 3.02. The van der Waals surface area contributed by atoms with Gasteiger partial charge in [0, 0.05) is 12.0 Å². The van der Waals surface area contributed by atoms with Crippen molar-refractivity contribution in [1.82, 2.24) is 5.32 Å². The van der Waals surface area contributed by atoms with E-state index in [9.17, 15) is 9.90 Å². The van der Waals surface area contributed by atoms with Crippen molar-refractivity contribution in [2.75, 3.05) is 13.2 Å². The van der Waals surface area contributed by atoms with E-state index in [-0.39, 0.29) is 17.9 Å². The molecule has 0 unspecified atom stereocenters. The summed E-state index contributed by atoms with van der Waals surface area (Å²) >= 11 is 0. The van der Waals surface area contributed by atoms with Gasteiger partial charge >= 0.3 is 0 Å². The molecule has 1 saturated carbocycles. The molecule has 0 aliphatic heterocycles. The van der Waals surface area contributed by atoms with Crippen molar-refractivity contribution in [3.63, 3.8) is 0 Å². The van der Waals surface area contributed by atoms with Gasteiger partial charge in [0.1, 0.15) is 11.5 Å². The Bertz CT molecular complexity index is 444. The van der Waals surface area contributed by atoms with E-state index in [1.807, 2.05) is 32.9 Å². The third kappa shape index (κ3) is 2.43. The predicted octanol–water partition coefficient (Wildman–Crippen LogP) is 1.75. The van der Waals surface area contributed by atoms with Gasteiger partial charge in [0.05, 0.1) is 12.0 Å². The molecule has 100 valence electrons. The largest absolute Gasteiger partial charge is 0.466 e. The van der Waals surface area contributed by atoms with Crippen LogP contribution in [0.5, 0.6) is 0 Å². The third-order valence-electron chi connectivity index (χ3n) is 3.74. The van der Waals surface area contributed by atoms with Gasteiger partial charge in [0.25, 0.3) is 0 Å². The molecular weight excluding hydrogens is 230 g/mol. The smallest absolute Gasteiger partial charge is 0.228 e. The lowest BCUT2D eigenvalue weighted by Crippen LogP contribution is -2.41. The van der Waals surface area contributed by atoms with Crippen LogP contribution in [0.1, 0.15) is 38.2 Å². The van der Waals surface area contributed by atoms with Gasteiger partial charge < -0.3 is 14.8 Å². The minimum absolute atomic E-state index is 0.0404. The van der Waals surface area contributed by atoms with Crippen LogP contribution in [-0.4, -0.2) is 24.2 Å². The normalized spacial score (nSPS) is 17.6. The number of furan rings is 1. The standard InChI is InChI=1S/C14H21NO3/c1-10-4-5-11(18-10)13(2,3)8-15-12(17)14(9-16)6-7-14/h4-5,16H,6-9H2,1-3H3,(H,15,17). The van der Waals surface area contributed by atoms with Gasteiger partial charge in [0.2, 0.25) is 5.91 Å². The highest BCUT2D eigenvalue weighted by Gasteiger charge is 2.49. The van der Waals surface area contributed by atoms with E-state index in [1.165, 1.54) is 0 Å². The maximum absolute atomic E-state index is 11.9. The van der Waals surface area contributed by atoms with Crippen LogP contribution >= 0.6 is 0 Å². The molecule has 2 rings (SSSR count). The summed E-state index contributed by atoms with van der Waals surface area (Å²) in [5, 5.41) is 12.1. The van der Waals surface area contributed by atoms with Gasteiger partial charge in [-0.2, -0.15) is 0 Å². The molecule has 1 aromatic heterocycles. The highest BCUT2D eigenvalue weighted by atomic mass is 16.3. The Balaban J connectivity index is 1.95. The van der Waals surface area contributed by atoms with Crippen molar-refractivity contribution in [3.8, 4) is 0 Å². The number of nitrogens with one attached hydrogen (secondary N) is 1. The lowest BCUT2D eigenvalue weighted by atomic mass is 9.90.